The predicted octanol–water partition coefficient (Wildman–Crippen LogP) is 2.73. The number of anilines is 1. The average Bonchev–Trinajstić information content (AvgIpc) is 2.65. The van der Waals surface area contributed by atoms with Crippen molar-refractivity contribution in [1.82, 2.24) is 10.6 Å². The summed E-state index contributed by atoms with van der Waals surface area (Å²) < 4.78 is 26.3. The van der Waals surface area contributed by atoms with Gasteiger partial charge in [-0.05, 0) is 30.7 Å². The molecule has 2 rings (SSSR count). The molecule has 0 atom stereocenters. The van der Waals surface area contributed by atoms with Crippen molar-refractivity contribution in [2.45, 2.75) is 12.8 Å². The van der Waals surface area contributed by atoms with Crippen molar-refractivity contribution in [2.75, 3.05) is 31.6 Å². The molecule has 0 spiro atoms. The topological polar surface area (TPSA) is 61.4 Å². The number of para-hydroxylation sites is 1. The molecule has 0 aliphatic rings. The van der Waals surface area contributed by atoms with Crippen molar-refractivity contribution in [3.05, 3.63) is 65.7 Å². The van der Waals surface area contributed by atoms with Crippen molar-refractivity contribution < 1.29 is 18.4 Å². The summed E-state index contributed by atoms with van der Waals surface area (Å²) in [4.78, 5) is 25.7. The summed E-state index contributed by atoms with van der Waals surface area (Å²) >= 11 is 0. The average molecular weight is 375 g/mol. The van der Waals surface area contributed by atoms with Crippen LogP contribution >= 0.6 is 0 Å². The van der Waals surface area contributed by atoms with E-state index in [1.165, 1.54) is 0 Å². The highest BCUT2D eigenvalue weighted by atomic mass is 19.1. The molecule has 0 fully saturated rings. The van der Waals surface area contributed by atoms with Gasteiger partial charge in [0.1, 0.15) is 11.6 Å². The van der Waals surface area contributed by atoms with Crippen LogP contribution in [0, 0.1) is 11.6 Å². The number of halogens is 2. The third-order valence-corrected chi connectivity index (χ3v) is 4.00. The third kappa shape index (κ3) is 6.69. The van der Waals surface area contributed by atoms with Gasteiger partial charge < -0.3 is 15.5 Å². The monoisotopic (exact) mass is 375 g/mol. The molecular formula is C20H23F2N3O2. The summed E-state index contributed by atoms with van der Waals surface area (Å²) in [5.74, 6) is -2.55. The minimum Gasteiger partial charge on any atom is -0.375 e. The standard InChI is InChI=1S/C20H23F2N3O2/c1-25(16-6-3-2-4-7-16)13-5-11-23-19(26)10-12-24-20(27)17-9-8-15(21)14-18(17)22/h2-4,6-9,14H,5,10-13H2,1H3,(H,23,26)(H,24,27). The summed E-state index contributed by atoms with van der Waals surface area (Å²) in [5.41, 5.74) is 0.861. The molecule has 0 unspecified atom stereocenters. The van der Waals surface area contributed by atoms with Crippen LogP contribution in [-0.2, 0) is 4.79 Å². The molecule has 0 aliphatic carbocycles. The lowest BCUT2D eigenvalue weighted by atomic mass is 10.2. The Morgan fingerprint density at radius 2 is 1.74 bits per heavy atom. The summed E-state index contributed by atoms with van der Waals surface area (Å²) in [7, 11) is 1.99. The number of amides is 2. The molecule has 0 radical (unpaired) electrons. The van der Waals surface area contributed by atoms with E-state index in [1.807, 2.05) is 37.4 Å². The van der Waals surface area contributed by atoms with E-state index in [-0.39, 0.29) is 24.4 Å². The lowest BCUT2D eigenvalue weighted by Gasteiger charge is -2.19. The molecule has 2 aromatic carbocycles. The second kappa shape index (κ2) is 10.3. The summed E-state index contributed by atoms with van der Waals surface area (Å²) in [5, 5.41) is 5.23. The predicted molar refractivity (Wildman–Crippen MR) is 101 cm³/mol. The highest BCUT2D eigenvalue weighted by molar-refractivity contribution is 5.94. The number of rotatable bonds is 9. The van der Waals surface area contributed by atoms with E-state index < -0.39 is 17.5 Å². The van der Waals surface area contributed by atoms with Crippen molar-refractivity contribution in [1.29, 1.82) is 0 Å². The molecule has 7 heteroatoms. The Labute approximate surface area is 157 Å². The van der Waals surface area contributed by atoms with Crippen LogP contribution in [0.4, 0.5) is 14.5 Å². The summed E-state index contributed by atoms with van der Waals surface area (Å²) in [6, 6.07) is 12.7. The van der Waals surface area contributed by atoms with Crippen LogP contribution < -0.4 is 15.5 Å². The number of hydrogen-bond acceptors (Lipinski definition) is 3. The van der Waals surface area contributed by atoms with Crippen LogP contribution in [-0.4, -0.2) is 38.5 Å². The third-order valence-electron chi connectivity index (χ3n) is 4.00. The lowest BCUT2D eigenvalue weighted by Crippen LogP contribution is -2.32. The van der Waals surface area contributed by atoms with Gasteiger partial charge in [-0.2, -0.15) is 0 Å². The molecule has 0 saturated carbocycles. The van der Waals surface area contributed by atoms with Gasteiger partial charge in [-0.1, -0.05) is 18.2 Å². The Balaban J connectivity index is 1.61. The zero-order valence-electron chi connectivity index (χ0n) is 15.2. The molecular weight excluding hydrogens is 352 g/mol. The Kier molecular flexibility index (Phi) is 7.73. The first-order valence-corrected chi connectivity index (χ1v) is 8.73. The molecule has 0 heterocycles. The minimum absolute atomic E-state index is 0.0748. The van der Waals surface area contributed by atoms with Gasteiger partial charge >= 0.3 is 0 Å². The minimum atomic E-state index is -0.931. The van der Waals surface area contributed by atoms with Crippen molar-refractivity contribution in [3.8, 4) is 0 Å². The smallest absolute Gasteiger partial charge is 0.254 e. The van der Waals surface area contributed by atoms with E-state index in [0.717, 1.165) is 30.8 Å². The number of hydrogen-bond donors (Lipinski definition) is 2. The molecule has 27 heavy (non-hydrogen) atoms. The van der Waals surface area contributed by atoms with E-state index >= 15 is 0 Å². The Hall–Kier alpha value is -2.96. The Morgan fingerprint density at radius 1 is 1.00 bits per heavy atom. The number of carbonyl (C=O) groups is 2. The van der Waals surface area contributed by atoms with Gasteiger partial charge in [-0.25, -0.2) is 8.78 Å². The van der Waals surface area contributed by atoms with Gasteiger partial charge in [0.05, 0.1) is 5.56 Å². The number of nitrogens with one attached hydrogen (secondary N) is 2. The van der Waals surface area contributed by atoms with Crippen LogP contribution in [0.3, 0.4) is 0 Å². The Bertz CT molecular complexity index is 769. The fraction of sp³-hybridized carbons (Fsp3) is 0.300. The van der Waals surface area contributed by atoms with Crippen LogP contribution in [0.15, 0.2) is 48.5 Å². The van der Waals surface area contributed by atoms with Gasteiger partial charge in [0.15, 0.2) is 0 Å². The van der Waals surface area contributed by atoms with Crippen molar-refractivity contribution in [3.63, 3.8) is 0 Å². The fourth-order valence-corrected chi connectivity index (χ4v) is 2.50. The highest BCUT2D eigenvalue weighted by Gasteiger charge is 2.12. The SMILES string of the molecule is CN(CCCNC(=O)CCNC(=O)c1ccc(F)cc1F)c1ccccc1. The quantitative estimate of drug-likeness (QED) is 0.663. The van der Waals surface area contributed by atoms with E-state index in [4.69, 9.17) is 0 Å². The molecule has 2 N–H and O–H groups in total. The summed E-state index contributed by atoms with van der Waals surface area (Å²) in [6.07, 6.45) is 0.868. The normalized spacial score (nSPS) is 10.3. The van der Waals surface area contributed by atoms with Crippen LogP contribution in [0.25, 0.3) is 0 Å². The van der Waals surface area contributed by atoms with E-state index in [2.05, 4.69) is 15.5 Å². The van der Waals surface area contributed by atoms with Crippen LogP contribution in [0.2, 0.25) is 0 Å². The first-order valence-electron chi connectivity index (χ1n) is 8.73. The van der Waals surface area contributed by atoms with Gasteiger partial charge in [0.25, 0.3) is 5.91 Å². The van der Waals surface area contributed by atoms with E-state index in [1.54, 1.807) is 0 Å². The first kappa shape index (κ1) is 20.4. The zero-order chi connectivity index (χ0) is 19.6. The fourth-order valence-electron chi connectivity index (χ4n) is 2.50. The molecule has 5 nitrogen and oxygen atoms in total. The van der Waals surface area contributed by atoms with Crippen molar-refractivity contribution in [2.24, 2.45) is 0 Å². The van der Waals surface area contributed by atoms with E-state index in [9.17, 15) is 18.4 Å². The van der Waals surface area contributed by atoms with E-state index in [0.29, 0.717) is 12.6 Å². The van der Waals surface area contributed by atoms with Crippen molar-refractivity contribution >= 4 is 17.5 Å². The number of nitrogens with zero attached hydrogens (tertiary/aromatic N) is 1. The van der Waals surface area contributed by atoms with Crippen LogP contribution in [0.1, 0.15) is 23.2 Å². The van der Waals surface area contributed by atoms with Gasteiger partial charge in [0.2, 0.25) is 5.91 Å². The molecule has 144 valence electrons. The van der Waals surface area contributed by atoms with Crippen LogP contribution in [0.5, 0.6) is 0 Å². The summed E-state index contributed by atoms with van der Waals surface area (Å²) in [6.45, 7) is 1.40. The number of carbonyl (C=O) groups excluding carboxylic acids is 2. The molecule has 0 saturated heterocycles. The second-order valence-corrected chi connectivity index (χ2v) is 6.09. The molecule has 0 aromatic heterocycles. The second-order valence-electron chi connectivity index (χ2n) is 6.09. The maximum Gasteiger partial charge on any atom is 0.254 e. The molecule has 2 amide bonds. The maximum atomic E-state index is 13.5. The Morgan fingerprint density at radius 3 is 2.44 bits per heavy atom. The highest BCUT2D eigenvalue weighted by Crippen LogP contribution is 2.11. The molecule has 2 aromatic rings. The van der Waals surface area contributed by atoms with Gasteiger partial charge in [0, 0.05) is 44.9 Å². The number of benzene rings is 2. The van der Waals surface area contributed by atoms with Gasteiger partial charge in [-0.15, -0.1) is 0 Å². The first-order chi connectivity index (χ1) is 13.0. The molecule has 0 bridgehead atoms. The van der Waals surface area contributed by atoms with Gasteiger partial charge in [-0.3, -0.25) is 9.59 Å². The lowest BCUT2D eigenvalue weighted by molar-refractivity contribution is -0.120. The zero-order valence-corrected chi connectivity index (χ0v) is 15.2. The maximum absolute atomic E-state index is 13.5. The molecule has 0 aliphatic heterocycles. The largest absolute Gasteiger partial charge is 0.375 e.